The second-order valence-electron chi connectivity index (χ2n) is 6.33. The first kappa shape index (κ1) is 23.1. The number of nitrogens with one attached hydrogen (secondary N) is 2. The second kappa shape index (κ2) is 11.1. The molecule has 0 unspecified atom stereocenters. The molecule has 3 aromatic rings. The average Bonchev–Trinajstić information content (AvgIpc) is 3.13. The number of hydrogen-bond acceptors (Lipinski definition) is 5. The molecule has 1 aromatic heterocycles. The van der Waals surface area contributed by atoms with E-state index in [1.54, 1.807) is 30.3 Å². The van der Waals surface area contributed by atoms with Gasteiger partial charge in [-0.05, 0) is 42.5 Å². The van der Waals surface area contributed by atoms with Gasteiger partial charge in [0.15, 0.2) is 11.0 Å². The minimum absolute atomic E-state index is 0.158. The number of rotatable bonds is 9. The maximum atomic E-state index is 12.3. The zero-order valence-corrected chi connectivity index (χ0v) is 19.5. The van der Waals surface area contributed by atoms with Crippen LogP contribution < -0.4 is 10.6 Å². The lowest BCUT2D eigenvalue weighted by Crippen LogP contribution is -2.24. The van der Waals surface area contributed by atoms with Crippen molar-refractivity contribution in [1.82, 2.24) is 20.1 Å². The van der Waals surface area contributed by atoms with Gasteiger partial charge in [0.05, 0.1) is 12.3 Å². The van der Waals surface area contributed by atoms with Crippen LogP contribution in [0.5, 0.6) is 0 Å². The molecule has 160 valence electrons. The van der Waals surface area contributed by atoms with Gasteiger partial charge in [-0.3, -0.25) is 9.59 Å². The summed E-state index contributed by atoms with van der Waals surface area (Å²) < 4.78 is 2.70. The number of allylic oxidation sites excluding steroid dienone is 1. The van der Waals surface area contributed by atoms with E-state index < -0.39 is 0 Å². The maximum absolute atomic E-state index is 12.3. The molecule has 0 atom stereocenters. The van der Waals surface area contributed by atoms with E-state index in [2.05, 4.69) is 43.3 Å². The Morgan fingerprint density at radius 1 is 1.19 bits per heavy atom. The van der Waals surface area contributed by atoms with Crippen molar-refractivity contribution in [3.05, 3.63) is 82.1 Å². The van der Waals surface area contributed by atoms with Crippen LogP contribution >= 0.6 is 39.3 Å². The molecule has 2 amide bonds. The van der Waals surface area contributed by atoms with Crippen LogP contribution in [-0.4, -0.2) is 32.3 Å². The van der Waals surface area contributed by atoms with E-state index in [1.165, 1.54) is 11.8 Å². The number of thioether (sulfide) groups is 1. The predicted octanol–water partition coefficient (Wildman–Crippen LogP) is 4.54. The summed E-state index contributed by atoms with van der Waals surface area (Å²) in [6.07, 6.45) is 1.71. The summed E-state index contributed by atoms with van der Waals surface area (Å²) >= 11 is 10.5. The zero-order valence-electron chi connectivity index (χ0n) is 16.3. The number of halogens is 2. The number of hydrogen-bond donors (Lipinski definition) is 2. The van der Waals surface area contributed by atoms with Crippen LogP contribution in [0.3, 0.4) is 0 Å². The van der Waals surface area contributed by atoms with Crippen molar-refractivity contribution in [2.45, 2.75) is 18.2 Å². The molecule has 0 saturated heterocycles. The first-order valence-corrected chi connectivity index (χ1v) is 11.4. The molecule has 31 heavy (non-hydrogen) atoms. The van der Waals surface area contributed by atoms with E-state index in [4.69, 9.17) is 11.6 Å². The zero-order chi connectivity index (χ0) is 22.2. The van der Waals surface area contributed by atoms with Gasteiger partial charge in [-0.1, -0.05) is 51.4 Å². The molecule has 2 N–H and O–H groups in total. The van der Waals surface area contributed by atoms with Crippen LogP contribution in [0, 0.1) is 0 Å². The molecule has 10 heteroatoms. The lowest BCUT2D eigenvalue weighted by Gasteiger charge is -2.09. The molecule has 1 heterocycles. The Labute approximate surface area is 197 Å². The molecule has 0 radical (unpaired) electrons. The maximum Gasteiger partial charge on any atom is 0.251 e. The van der Waals surface area contributed by atoms with Gasteiger partial charge in [-0.15, -0.1) is 16.8 Å². The fourth-order valence-electron chi connectivity index (χ4n) is 2.63. The van der Waals surface area contributed by atoms with Gasteiger partial charge in [0.1, 0.15) is 0 Å². The van der Waals surface area contributed by atoms with Crippen molar-refractivity contribution in [1.29, 1.82) is 0 Å². The van der Waals surface area contributed by atoms with Gasteiger partial charge >= 0.3 is 0 Å². The summed E-state index contributed by atoms with van der Waals surface area (Å²) in [6.45, 7) is 4.40. The third-order valence-electron chi connectivity index (χ3n) is 4.06. The smallest absolute Gasteiger partial charge is 0.251 e. The number of carbonyl (C=O) groups excluding carboxylic acids is 2. The molecular formula is C21H19BrClN5O2S. The molecule has 0 spiro atoms. The fourth-order valence-corrected chi connectivity index (χ4v) is 3.92. The highest BCUT2D eigenvalue weighted by Crippen LogP contribution is 2.19. The van der Waals surface area contributed by atoms with E-state index in [0.717, 1.165) is 4.47 Å². The standard InChI is InChI=1S/C21H19BrClN5O2S/c1-2-10-28-18(12-24-20(30)14-6-8-16(23)9-7-14)26-27-21(28)31-13-19(29)25-17-5-3-4-15(22)11-17/h2-9,11H,1,10,12-13H2,(H,24,30)(H,25,29). The van der Waals surface area contributed by atoms with E-state index in [0.29, 0.717) is 33.8 Å². The number of benzene rings is 2. The summed E-state index contributed by atoms with van der Waals surface area (Å²) in [5, 5.41) is 15.1. The predicted molar refractivity (Wildman–Crippen MR) is 126 cm³/mol. The van der Waals surface area contributed by atoms with Crippen molar-refractivity contribution >= 4 is 56.8 Å². The molecule has 3 rings (SSSR count). The Morgan fingerprint density at radius 2 is 1.97 bits per heavy atom. The topological polar surface area (TPSA) is 88.9 Å². The fraction of sp³-hybridized carbons (Fsp3) is 0.143. The SMILES string of the molecule is C=CCn1c(CNC(=O)c2ccc(Cl)cc2)nnc1SCC(=O)Nc1cccc(Br)c1. The molecule has 0 saturated carbocycles. The van der Waals surface area contributed by atoms with Crippen molar-refractivity contribution < 1.29 is 9.59 Å². The van der Waals surface area contributed by atoms with Crippen LogP contribution in [-0.2, 0) is 17.9 Å². The molecule has 0 aliphatic carbocycles. The lowest BCUT2D eigenvalue weighted by atomic mass is 10.2. The molecule has 2 aromatic carbocycles. The Hall–Kier alpha value is -2.62. The van der Waals surface area contributed by atoms with Gasteiger partial charge in [0, 0.05) is 27.3 Å². The molecule has 0 bridgehead atoms. The van der Waals surface area contributed by atoms with Gasteiger partial charge in [-0.25, -0.2) is 0 Å². The highest BCUT2D eigenvalue weighted by molar-refractivity contribution is 9.10. The summed E-state index contributed by atoms with van der Waals surface area (Å²) in [4.78, 5) is 24.6. The number of aromatic nitrogens is 3. The van der Waals surface area contributed by atoms with Gasteiger partial charge in [0.2, 0.25) is 5.91 Å². The Balaban J connectivity index is 1.60. The number of carbonyl (C=O) groups is 2. The van der Waals surface area contributed by atoms with Crippen LogP contribution in [0.1, 0.15) is 16.2 Å². The molecule has 0 aliphatic heterocycles. The Morgan fingerprint density at radius 3 is 2.68 bits per heavy atom. The molecule has 7 nitrogen and oxygen atoms in total. The average molecular weight is 521 g/mol. The first-order valence-electron chi connectivity index (χ1n) is 9.21. The minimum atomic E-state index is -0.243. The quantitative estimate of drug-likeness (QED) is 0.319. The largest absolute Gasteiger partial charge is 0.345 e. The summed E-state index contributed by atoms with van der Waals surface area (Å²) in [5.41, 5.74) is 1.20. The van der Waals surface area contributed by atoms with Crippen LogP contribution in [0.25, 0.3) is 0 Å². The Bertz CT molecular complexity index is 1090. The van der Waals surface area contributed by atoms with E-state index in [9.17, 15) is 9.59 Å². The molecule has 0 aliphatic rings. The van der Waals surface area contributed by atoms with Crippen molar-refractivity contribution in [2.75, 3.05) is 11.1 Å². The highest BCUT2D eigenvalue weighted by Gasteiger charge is 2.15. The van der Waals surface area contributed by atoms with Crippen LogP contribution in [0.15, 0.2) is 70.8 Å². The molecule has 0 fully saturated rings. The number of anilines is 1. The normalized spacial score (nSPS) is 10.5. The van der Waals surface area contributed by atoms with E-state index in [-0.39, 0.29) is 24.1 Å². The van der Waals surface area contributed by atoms with Gasteiger partial charge in [0.25, 0.3) is 5.91 Å². The van der Waals surface area contributed by atoms with Crippen LogP contribution in [0.2, 0.25) is 5.02 Å². The second-order valence-corrected chi connectivity index (χ2v) is 8.63. The van der Waals surface area contributed by atoms with E-state index >= 15 is 0 Å². The van der Waals surface area contributed by atoms with Gasteiger partial charge < -0.3 is 15.2 Å². The number of amides is 2. The summed E-state index contributed by atoms with van der Waals surface area (Å²) in [6, 6.07) is 14.0. The number of nitrogens with zero attached hydrogens (tertiary/aromatic N) is 3. The van der Waals surface area contributed by atoms with Crippen molar-refractivity contribution in [3.63, 3.8) is 0 Å². The monoisotopic (exact) mass is 519 g/mol. The summed E-state index contributed by atoms with van der Waals surface area (Å²) in [5.74, 6) is 0.331. The Kier molecular flexibility index (Phi) is 8.27. The summed E-state index contributed by atoms with van der Waals surface area (Å²) in [7, 11) is 0. The minimum Gasteiger partial charge on any atom is -0.345 e. The van der Waals surface area contributed by atoms with Crippen molar-refractivity contribution in [2.24, 2.45) is 0 Å². The first-order chi connectivity index (χ1) is 15.0. The van der Waals surface area contributed by atoms with Crippen LogP contribution in [0.4, 0.5) is 5.69 Å². The van der Waals surface area contributed by atoms with E-state index in [1.807, 2.05) is 28.8 Å². The lowest BCUT2D eigenvalue weighted by molar-refractivity contribution is -0.113. The highest BCUT2D eigenvalue weighted by atomic mass is 79.9. The van der Waals surface area contributed by atoms with Crippen molar-refractivity contribution in [3.8, 4) is 0 Å². The van der Waals surface area contributed by atoms with Gasteiger partial charge in [-0.2, -0.15) is 0 Å². The third kappa shape index (κ3) is 6.68. The molecular weight excluding hydrogens is 502 g/mol. The third-order valence-corrected chi connectivity index (χ3v) is 5.77.